The predicted octanol–water partition coefficient (Wildman–Crippen LogP) is 2.19. The van der Waals surface area contributed by atoms with Gasteiger partial charge in [-0.3, -0.25) is 4.98 Å². The van der Waals surface area contributed by atoms with Crippen LogP contribution in [0.2, 0.25) is 0 Å². The summed E-state index contributed by atoms with van der Waals surface area (Å²) in [7, 11) is 2.25. The third-order valence-corrected chi connectivity index (χ3v) is 5.77. The lowest BCUT2D eigenvalue weighted by Gasteiger charge is -2.24. The van der Waals surface area contributed by atoms with Crippen molar-refractivity contribution in [1.82, 2.24) is 4.98 Å². The third-order valence-electron chi connectivity index (χ3n) is 3.09. The van der Waals surface area contributed by atoms with Crippen molar-refractivity contribution in [2.75, 3.05) is 21.3 Å². The second-order valence-corrected chi connectivity index (χ2v) is 6.94. The van der Waals surface area contributed by atoms with E-state index in [2.05, 4.69) is 11.1 Å². The van der Waals surface area contributed by atoms with Gasteiger partial charge in [-0.1, -0.05) is 24.3 Å². The van der Waals surface area contributed by atoms with Crippen LogP contribution in [0.25, 0.3) is 10.8 Å². The summed E-state index contributed by atoms with van der Waals surface area (Å²) in [5.74, 6) is 0. The van der Waals surface area contributed by atoms with E-state index in [1.807, 2.05) is 30.6 Å². The van der Waals surface area contributed by atoms with Crippen molar-refractivity contribution in [3.05, 3.63) is 42.2 Å². The highest BCUT2D eigenvalue weighted by atomic mass is 28.4. The van der Waals surface area contributed by atoms with Crippen LogP contribution in [0.1, 0.15) is 5.56 Å². The van der Waals surface area contributed by atoms with Crippen molar-refractivity contribution >= 4 is 19.6 Å². The monoisotopic (exact) mass is 263 g/mol. The SMILES string of the molecule is CO[Si](Cc1cncc2ccccc12)(OC)OC. The number of hydrogen-bond donors (Lipinski definition) is 0. The Labute approximate surface area is 108 Å². The first kappa shape index (κ1) is 13.2. The molecule has 2 aromatic rings. The summed E-state index contributed by atoms with van der Waals surface area (Å²) < 4.78 is 16.4. The molecule has 0 saturated heterocycles. The van der Waals surface area contributed by atoms with E-state index in [0.29, 0.717) is 6.04 Å². The van der Waals surface area contributed by atoms with E-state index in [4.69, 9.17) is 13.3 Å². The molecule has 0 radical (unpaired) electrons. The van der Waals surface area contributed by atoms with Crippen LogP contribution in [0.5, 0.6) is 0 Å². The minimum Gasteiger partial charge on any atom is -0.377 e. The number of rotatable bonds is 5. The van der Waals surface area contributed by atoms with Gasteiger partial charge in [0.05, 0.1) is 0 Å². The average molecular weight is 263 g/mol. The van der Waals surface area contributed by atoms with Gasteiger partial charge in [-0.15, -0.1) is 0 Å². The first-order chi connectivity index (χ1) is 8.74. The van der Waals surface area contributed by atoms with E-state index in [1.54, 1.807) is 21.3 Å². The molecule has 5 heteroatoms. The smallest absolute Gasteiger partial charge is 0.377 e. The molecule has 0 aliphatic carbocycles. The molecular weight excluding hydrogens is 246 g/mol. The number of hydrogen-bond acceptors (Lipinski definition) is 4. The van der Waals surface area contributed by atoms with Crippen LogP contribution in [-0.4, -0.2) is 35.1 Å². The molecule has 1 aromatic carbocycles. The molecule has 0 unspecified atom stereocenters. The first-order valence-electron chi connectivity index (χ1n) is 5.72. The van der Waals surface area contributed by atoms with Gasteiger partial charge in [-0.25, -0.2) is 0 Å². The third kappa shape index (κ3) is 2.44. The topological polar surface area (TPSA) is 40.6 Å². The quantitative estimate of drug-likeness (QED) is 0.775. The Morgan fingerprint density at radius 1 is 1.00 bits per heavy atom. The fraction of sp³-hybridized carbons (Fsp3) is 0.308. The highest BCUT2D eigenvalue weighted by Crippen LogP contribution is 2.22. The van der Waals surface area contributed by atoms with Gasteiger partial charge in [0, 0.05) is 45.2 Å². The molecule has 0 bridgehead atoms. The molecule has 0 spiro atoms. The van der Waals surface area contributed by atoms with Crippen molar-refractivity contribution < 1.29 is 13.3 Å². The molecule has 18 heavy (non-hydrogen) atoms. The average Bonchev–Trinajstić information content (AvgIpc) is 2.45. The second-order valence-electron chi connectivity index (χ2n) is 3.99. The van der Waals surface area contributed by atoms with E-state index < -0.39 is 8.80 Å². The summed E-state index contributed by atoms with van der Waals surface area (Å²) in [4.78, 5) is 4.26. The molecule has 1 aromatic heterocycles. The van der Waals surface area contributed by atoms with E-state index >= 15 is 0 Å². The van der Waals surface area contributed by atoms with Gasteiger partial charge in [0.2, 0.25) is 0 Å². The van der Waals surface area contributed by atoms with Gasteiger partial charge in [-0.05, 0) is 10.9 Å². The minimum atomic E-state index is -2.62. The highest BCUT2D eigenvalue weighted by Gasteiger charge is 2.38. The number of fused-ring (bicyclic) bond motifs is 1. The molecule has 0 fully saturated rings. The molecule has 2 rings (SSSR count). The lowest BCUT2D eigenvalue weighted by atomic mass is 10.1. The van der Waals surface area contributed by atoms with Crippen LogP contribution in [0.15, 0.2) is 36.7 Å². The molecule has 0 N–H and O–H groups in total. The predicted molar refractivity (Wildman–Crippen MR) is 72.2 cm³/mol. The van der Waals surface area contributed by atoms with Crippen LogP contribution < -0.4 is 0 Å². The molecular formula is C13H17NO3Si. The van der Waals surface area contributed by atoms with E-state index in [0.717, 1.165) is 16.3 Å². The lowest BCUT2D eigenvalue weighted by Crippen LogP contribution is -2.45. The second kappa shape index (κ2) is 5.58. The van der Waals surface area contributed by atoms with Crippen molar-refractivity contribution in [3.63, 3.8) is 0 Å². The zero-order chi connectivity index (χ0) is 13.0. The first-order valence-corrected chi connectivity index (χ1v) is 7.65. The van der Waals surface area contributed by atoms with Gasteiger partial charge in [0.1, 0.15) is 0 Å². The molecule has 96 valence electrons. The van der Waals surface area contributed by atoms with E-state index in [9.17, 15) is 0 Å². The fourth-order valence-electron chi connectivity index (χ4n) is 2.02. The summed E-state index contributed by atoms with van der Waals surface area (Å²) in [6.45, 7) is 0. The largest absolute Gasteiger partial charge is 0.504 e. The van der Waals surface area contributed by atoms with E-state index in [1.165, 1.54) is 0 Å². The summed E-state index contributed by atoms with van der Waals surface area (Å²) in [6.07, 6.45) is 3.70. The number of pyridine rings is 1. The number of aromatic nitrogens is 1. The number of benzene rings is 1. The summed E-state index contributed by atoms with van der Waals surface area (Å²) in [5, 5.41) is 2.27. The van der Waals surface area contributed by atoms with E-state index in [-0.39, 0.29) is 0 Å². The van der Waals surface area contributed by atoms with Gasteiger partial charge in [-0.2, -0.15) is 0 Å². The van der Waals surface area contributed by atoms with Crippen LogP contribution >= 0.6 is 0 Å². The molecule has 0 saturated carbocycles. The maximum Gasteiger partial charge on any atom is 0.504 e. The zero-order valence-electron chi connectivity index (χ0n) is 10.8. The van der Waals surface area contributed by atoms with Gasteiger partial charge >= 0.3 is 8.80 Å². The van der Waals surface area contributed by atoms with Crippen molar-refractivity contribution in [1.29, 1.82) is 0 Å². The Morgan fingerprint density at radius 2 is 1.67 bits per heavy atom. The van der Waals surface area contributed by atoms with Crippen molar-refractivity contribution in [2.24, 2.45) is 0 Å². The number of nitrogens with zero attached hydrogens (tertiary/aromatic N) is 1. The standard InChI is InChI=1S/C13H17NO3Si/c1-15-18(16-2,17-3)10-12-9-14-8-11-6-4-5-7-13(11)12/h4-9H,10H2,1-3H3. The maximum absolute atomic E-state index is 5.46. The molecule has 0 atom stereocenters. The van der Waals surface area contributed by atoms with Crippen LogP contribution in [0.4, 0.5) is 0 Å². The van der Waals surface area contributed by atoms with Crippen molar-refractivity contribution in [2.45, 2.75) is 6.04 Å². The van der Waals surface area contributed by atoms with Gasteiger partial charge in [0.15, 0.2) is 0 Å². The minimum absolute atomic E-state index is 0.616. The lowest BCUT2D eigenvalue weighted by molar-refractivity contribution is 0.123. The summed E-state index contributed by atoms with van der Waals surface area (Å²) in [5.41, 5.74) is 1.09. The highest BCUT2D eigenvalue weighted by molar-refractivity contribution is 6.60. The Kier molecular flexibility index (Phi) is 4.08. The molecule has 1 heterocycles. The normalized spacial score (nSPS) is 11.9. The van der Waals surface area contributed by atoms with Crippen molar-refractivity contribution in [3.8, 4) is 0 Å². The van der Waals surface area contributed by atoms with Crippen LogP contribution in [-0.2, 0) is 19.3 Å². The Balaban J connectivity index is 2.42. The molecule has 0 amide bonds. The summed E-state index contributed by atoms with van der Waals surface area (Å²) in [6, 6.07) is 8.75. The van der Waals surface area contributed by atoms with Gasteiger partial charge < -0.3 is 13.3 Å². The zero-order valence-corrected chi connectivity index (χ0v) is 11.8. The Bertz CT molecular complexity index is 515. The molecule has 0 aliphatic heterocycles. The Morgan fingerprint density at radius 3 is 2.33 bits per heavy atom. The van der Waals surface area contributed by atoms with Crippen LogP contribution in [0, 0.1) is 0 Å². The Hall–Kier alpha value is -1.27. The fourth-order valence-corrected chi connectivity index (χ4v) is 3.70. The maximum atomic E-state index is 5.46. The van der Waals surface area contributed by atoms with Crippen LogP contribution in [0.3, 0.4) is 0 Å². The molecule has 0 aliphatic rings. The summed E-state index contributed by atoms with van der Waals surface area (Å²) >= 11 is 0. The van der Waals surface area contributed by atoms with Gasteiger partial charge in [0.25, 0.3) is 0 Å². The molecule has 4 nitrogen and oxygen atoms in total.